The lowest BCUT2D eigenvalue weighted by atomic mass is 9.83. The molecule has 1 fully saturated rings. The summed E-state index contributed by atoms with van der Waals surface area (Å²) in [5, 5.41) is 0. The molecule has 2 aliphatic rings. The predicted molar refractivity (Wildman–Crippen MR) is 81.5 cm³/mol. The molecule has 2 unspecified atom stereocenters. The second-order valence-electron chi connectivity index (χ2n) is 6.48. The molecule has 0 saturated heterocycles. The summed E-state index contributed by atoms with van der Waals surface area (Å²) in [6, 6.07) is 8.93. The van der Waals surface area contributed by atoms with Crippen LogP contribution < -0.4 is 10.6 Å². The van der Waals surface area contributed by atoms with Crippen molar-refractivity contribution >= 4 is 5.69 Å². The largest absolute Gasteiger partial charge is 0.364 e. The first kappa shape index (κ1) is 13.0. The van der Waals surface area contributed by atoms with Gasteiger partial charge >= 0.3 is 0 Å². The van der Waals surface area contributed by atoms with Crippen LogP contribution in [0.5, 0.6) is 0 Å². The van der Waals surface area contributed by atoms with Crippen LogP contribution in [0.1, 0.15) is 38.7 Å². The van der Waals surface area contributed by atoms with Crippen LogP contribution in [-0.4, -0.2) is 18.6 Å². The number of hydrogen-bond acceptors (Lipinski definition) is 2. The fraction of sp³-hybridized carbons (Fsp3) is 0.647. The average molecular weight is 258 g/mol. The molecule has 0 radical (unpaired) electrons. The first-order valence-electron chi connectivity index (χ1n) is 7.77. The van der Waals surface area contributed by atoms with Crippen LogP contribution in [0, 0.1) is 11.8 Å². The highest BCUT2D eigenvalue weighted by Crippen LogP contribution is 2.48. The molecule has 0 amide bonds. The van der Waals surface area contributed by atoms with Crippen LogP contribution in [0.4, 0.5) is 5.69 Å². The van der Waals surface area contributed by atoms with Gasteiger partial charge in [0.15, 0.2) is 0 Å². The molecule has 2 N–H and O–H groups in total. The number of rotatable bonds is 4. The van der Waals surface area contributed by atoms with E-state index < -0.39 is 0 Å². The zero-order chi connectivity index (χ0) is 13.5. The van der Waals surface area contributed by atoms with Crippen molar-refractivity contribution in [1.82, 2.24) is 0 Å². The van der Waals surface area contributed by atoms with E-state index in [4.69, 9.17) is 5.73 Å². The highest BCUT2D eigenvalue weighted by Gasteiger charge is 2.48. The molecule has 1 aliphatic heterocycles. The van der Waals surface area contributed by atoms with Crippen LogP contribution in [0.3, 0.4) is 0 Å². The van der Waals surface area contributed by atoms with Gasteiger partial charge in [0, 0.05) is 18.8 Å². The molecule has 2 atom stereocenters. The zero-order valence-electron chi connectivity index (χ0n) is 12.2. The van der Waals surface area contributed by atoms with E-state index in [-0.39, 0.29) is 5.54 Å². The molecule has 1 saturated carbocycles. The lowest BCUT2D eigenvalue weighted by Crippen LogP contribution is -2.58. The lowest BCUT2D eigenvalue weighted by molar-refractivity contribution is 0.309. The molecule has 3 rings (SSSR count). The van der Waals surface area contributed by atoms with Crippen molar-refractivity contribution in [3.05, 3.63) is 29.8 Å². The maximum Gasteiger partial charge on any atom is 0.0549 e. The van der Waals surface area contributed by atoms with Crippen molar-refractivity contribution in [2.24, 2.45) is 17.6 Å². The summed E-state index contributed by atoms with van der Waals surface area (Å²) in [4.78, 5) is 2.66. The summed E-state index contributed by atoms with van der Waals surface area (Å²) in [5.41, 5.74) is 9.40. The van der Waals surface area contributed by atoms with Crippen molar-refractivity contribution in [1.29, 1.82) is 0 Å². The summed E-state index contributed by atoms with van der Waals surface area (Å²) in [5.74, 6) is 1.53. The third-order valence-corrected chi connectivity index (χ3v) is 5.19. The number of anilines is 1. The van der Waals surface area contributed by atoms with Gasteiger partial charge in [-0.3, -0.25) is 0 Å². The SMILES string of the molecule is CCC(CN)(C1CC1)N1CC(C)Cc2ccccc21. The van der Waals surface area contributed by atoms with Crippen LogP contribution in [0.2, 0.25) is 0 Å². The number of hydrogen-bond donors (Lipinski definition) is 1. The molecule has 2 nitrogen and oxygen atoms in total. The number of nitrogens with two attached hydrogens (primary N) is 1. The standard InChI is InChI=1S/C17H26N2/c1-3-17(12-18,15-8-9-15)19-11-13(2)10-14-6-4-5-7-16(14)19/h4-7,13,15H,3,8-12,18H2,1-2H3. The molecule has 1 aliphatic carbocycles. The second kappa shape index (κ2) is 4.82. The summed E-state index contributed by atoms with van der Waals surface area (Å²) >= 11 is 0. The van der Waals surface area contributed by atoms with Crippen LogP contribution in [0.25, 0.3) is 0 Å². The van der Waals surface area contributed by atoms with E-state index in [0.29, 0.717) is 0 Å². The Hall–Kier alpha value is -1.02. The highest BCUT2D eigenvalue weighted by atomic mass is 15.2. The van der Waals surface area contributed by atoms with Gasteiger partial charge in [-0.05, 0) is 49.1 Å². The molecular formula is C17H26N2. The van der Waals surface area contributed by atoms with Crippen molar-refractivity contribution in [2.75, 3.05) is 18.0 Å². The van der Waals surface area contributed by atoms with Crippen LogP contribution in [-0.2, 0) is 6.42 Å². The van der Waals surface area contributed by atoms with E-state index in [1.54, 1.807) is 0 Å². The van der Waals surface area contributed by atoms with Crippen molar-refractivity contribution < 1.29 is 0 Å². The maximum absolute atomic E-state index is 6.25. The third kappa shape index (κ3) is 2.06. The molecule has 19 heavy (non-hydrogen) atoms. The zero-order valence-corrected chi connectivity index (χ0v) is 12.2. The van der Waals surface area contributed by atoms with E-state index in [0.717, 1.165) is 24.8 Å². The molecule has 104 valence electrons. The van der Waals surface area contributed by atoms with E-state index in [1.807, 2.05) is 0 Å². The van der Waals surface area contributed by atoms with Crippen LogP contribution in [0.15, 0.2) is 24.3 Å². The fourth-order valence-electron chi connectivity index (χ4n) is 3.96. The first-order chi connectivity index (χ1) is 9.21. The van der Waals surface area contributed by atoms with E-state index in [2.05, 4.69) is 43.0 Å². The topological polar surface area (TPSA) is 29.3 Å². The maximum atomic E-state index is 6.25. The van der Waals surface area contributed by atoms with Gasteiger partial charge in [0.2, 0.25) is 0 Å². The Morgan fingerprint density at radius 2 is 2.05 bits per heavy atom. The predicted octanol–water partition coefficient (Wildman–Crippen LogP) is 3.20. The highest BCUT2D eigenvalue weighted by molar-refractivity contribution is 5.58. The smallest absolute Gasteiger partial charge is 0.0549 e. The Morgan fingerprint density at radius 3 is 2.68 bits per heavy atom. The Kier molecular flexibility index (Phi) is 3.30. The molecule has 0 bridgehead atoms. The van der Waals surface area contributed by atoms with Gasteiger partial charge in [-0.25, -0.2) is 0 Å². The third-order valence-electron chi connectivity index (χ3n) is 5.19. The lowest BCUT2D eigenvalue weighted by Gasteiger charge is -2.49. The average Bonchev–Trinajstić information content (AvgIpc) is 3.25. The van der Waals surface area contributed by atoms with Gasteiger partial charge in [0.1, 0.15) is 0 Å². The molecule has 1 aromatic rings. The Morgan fingerprint density at radius 1 is 1.32 bits per heavy atom. The van der Waals surface area contributed by atoms with E-state index in [9.17, 15) is 0 Å². The quantitative estimate of drug-likeness (QED) is 0.898. The Bertz CT molecular complexity index is 446. The van der Waals surface area contributed by atoms with Gasteiger partial charge in [-0.2, -0.15) is 0 Å². The molecular weight excluding hydrogens is 232 g/mol. The Balaban J connectivity index is 2.03. The number of nitrogens with zero attached hydrogens (tertiary/aromatic N) is 1. The van der Waals surface area contributed by atoms with E-state index in [1.165, 1.54) is 37.1 Å². The first-order valence-corrected chi connectivity index (χ1v) is 7.77. The summed E-state index contributed by atoms with van der Waals surface area (Å²) in [7, 11) is 0. The van der Waals surface area contributed by atoms with Gasteiger partial charge in [-0.1, -0.05) is 32.0 Å². The second-order valence-corrected chi connectivity index (χ2v) is 6.48. The minimum Gasteiger partial charge on any atom is -0.364 e. The Labute approximate surface area is 117 Å². The summed E-state index contributed by atoms with van der Waals surface area (Å²) in [6.07, 6.45) is 5.09. The number of para-hydroxylation sites is 1. The normalized spacial score (nSPS) is 25.8. The summed E-state index contributed by atoms with van der Waals surface area (Å²) < 4.78 is 0. The fourth-order valence-corrected chi connectivity index (χ4v) is 3.96. The van der Waals surface area contributed by atoms with E-state index >= 15 is 0 Å². The number of benzene rings is 1. The summed E-state index contributed by atoms with van der Waals surface area (Å²) in [6.45, 7) is 6.63. The molecule has 0 spiro atoms. The van der Waals surface area contributed by atoms with Gasteiger partial charge in [0.05, 0.1) is 5.54 Å². The monoisotopic (exact) mass is 258 g/mol. The molecule has 2 heteroatoms. The van der Waals surface area contributed by atoms with Gasteiger partial charge in [-0.15, -0.1) is 0 Å². The minimum atomic E-state index is 0.199. The van der Waals surface area contributed by atoms with Crippen molar-refractivity contribution in [3.63, 3.8) is 0 Å². The van der Waals surface area contributed by atoms with Gasteiger partial charge in [0.25, 0.3) is 0 Å². The minimum absolute atomic E-state index is 0.199. The van der Waals surface area contributed by atoms with Crippen LogP contribution >= 0.6 is 0 Å². The molecule has 1 aromatic carbocycles. The van der Waals surface area contributed by atoms with Crippen molar-refractivity contribution in [2.45, 2.75) is 45.1 Å². The molecule has 0 aromatic heterocycles. The molecule has 1 heterocycles. The number of fused-ring (bicyclic) bond motifs is 1. The van der Waals surface area contributed by atoms with Crippen molar-refractivity contribution in [3.8, 4) is 0 Å². The van der Waals surface area contributed by atoms with Gasteiger partial charge < -0.3 is 10.6 Å².